The van der Waals surface area contributed by atoms with E-state index in [4.69, 9.17) is 9.47 Å². The van der Waals surface area contributed by atoms with Crippen LogP contribution in [0.3, 0.4) is 0 Å². The van der Waals surface area contributed by atoms with Gasteiger partial charge < -0.3 is 14.6 Å². The third-order valence-electron chi connectivity index (χ3n) is 5.58. The molecule has 0 bridgehead atoms. The molecule has 1 aromatic carbocycles. The van der Waals surface area contributed by atoms with E-state index in [0.29, 0.717) is 12.0 Å². The maximum atomic E-state index is 9.61. The van der Waals surface area contributed by atoms with Crippen LogP contribution in [0.25, 0.3) is 0 Å². The van der Waals surface area contributed by atoms with Gasteiger partial charge in [-0.25, -0.2) is 0 Å². The van der Waals surface area contributed by atoms with Crippen molar-refractivity contribution in [1.82, 2.24) is 20.0 Å². The quantitative estimate of drug-likeness (QED) is 0.672. The SMILES string of the molecule is COc1cc(CN2CCN(Cc3cc(C(C)C)n[nH]3)C[C@@H]2CCO)cc(OC)c1. The highest BCUT2D eigenvalue weighted by Crippen LogP contribution is 2.25. The van der Waals surface area contributed by atoms with Gasteiger partial charge in [0, 0.05) is 57.1 Å². The first-order valence-electron chi connectivity index (χ1n) is 10.4. The highest BCUT2D eigenvalue weighted by Gasteiger charge is 2.27. The molecule has 2 N–H and O–H groups in total. The van der Waals surface area contributed by atoms with Crippen molar-refractivity contribution in [2.24, 2.45) is 0 Å². The van der Waals surface area contributed by atoms with Crippen molar-refractivity contribution in [2.45, 2.75) is 45.3 Å². The van der Waals surface area contributed by atoms with Crippen LogP contribution in [0.5, 0.6) is 11.5 Å². The van der Waals surface area contributed by atoms with Crippen molar-refractivity contribution >= 4 is 0 Å². The Morgan fingerprint density at radius 3 is 2.41 bits per heavy atom. The zero-order valence-corrected chi connectivity index (χ0v) is 18.0. The van der Waals surface area contributed by atoms with Crippen LogP contribution < -0.4 is 9.47 Å². The van der Waals surface area contributed by atoms with Gasteiger partial charge in [0.1, 0.15) is 11.5 Å². The van der Waals surface area contributed by atoms with Crippen LogP contribution >= 0.6 is 0 Å². The maximum Gasteiger partial charge on any atom is 0.122 e. The van der Waals surface area contributed by atoms with Gasteiger partial charge in [0.15, 0.2) is 0 Å². The van der Waals surface area contributed by atoms with Gasteiger partial charge in [0.05, 0.1) is 19.9 Å². The third kappa shape index (κ3) is 5.72. The van der Waals surface area contributed by atoms with Crippen molar-refractivity contribution in [1.29, 1.82) is 0 Å². The summed E-state index contributed by atoms with van der Waals surface area (Å²) in [6.07, 6.45) is 0.762. The lowest BCUT2D eigenvalue weighted by Gasteiger charge is -2.41. The number of aromatic amines is 1. The fourth-order valence-corrected chi connectivity index (χ4v) is 3.92. The maximum absolute atomic E-state index is 9.61. The fraction of sp³-hybridized carbons (Fsp3) is 0.591. The molecule has 2 heterocycles. The molecule has 1 saturated heterocycles. The molecule has 0 radical (unpaired) electrons. The lowest BCUT2D eigenvalue weighted by molar-refractivity contribution is 0.0493. The smallest absolute Gasteiger partial charge is 0.122 e. The topological polar surface area (TPSA) is 73.9 Å². The van der Waals surface area contributed by atoms with Crippen molar-refractivity contribution in [3.8, 4) is 11.5 Å². The molecule has 1 aliphatic heterocycles. The summed E-state index contributed by atoms with van der Waals surface area (Å²) in [6, 6.07) is 8.48. The van der Waals surface area contributed by atoms with E-state index in [-0.39, 0.29) is 6.61 Å². The van der Waals surface area contributed by atoms with E-state index >= 15 is 0 Å². The molecule has 1 aliphatic rings. The number of aliphatic hydroxyl groups is 1. The lowest BCUT2D eigenvalue weighted by atomic mass is 10.1. The zero-order valence-electron chi connectivity index (χ0n) is 18.0. The minimum absolute atomic E-state index is 0.192. The van der Waals surface area contributed by atoms with E-state index in [1.54, 1.807) is 14.2 Å². The number of hydrogen-bond donors (Lipinski definition) is 2. The van der Waals surface area contributed by atoms with Crippen LogP contribution in [0, 0.1) is 0 Å². The molecule has 1 fully saturated rings. The number of ether oxygens (including phenoxy) is 2. The van der Waals surface area contributed by atoms with Crippen LogP contribution in [0.1, 0.15) is 43.1 Å². The summed E-state index contributed by atoms with van der Waals surface area (Å²) in [7, 11) is 3.35. The largest absolute Gasteiger partial charge is 0.497 e. The van der Waals surface area contributed by atoms with Gasteiger partial charge in [0.25, 0.3) is 0 Å². The van der Waals surface area contributed by atoms with Crippen LogP contribution in [-0.4, -0.2) is 71.6 Å². The summed E-state index contributed by atoms with van der Waals surface area (Å²) >= 11 is 0. The second kappa shape index (κ2) is 10.1. The Kier molecular flexibility index (Phi) is 7.52. The number of nitrogens with zero attached hydrogens (tertiary/aromatic N) is 3. The zero-order chi connectivity index (χ0) is 20.8. The average molecular weight is 403 g/mol. The van der Waals surface area contributed by atoms with Crippen LogP contribution in [0.4, 0.5) is 0 Å². The number of methoxy groups -OCH3 is 2. The molecule has 29 heavy (non-hydrogen) atoms. The molecule has 0 amide bonds. The van der Waals surface area contributed by atoms with Gasteiger partial charge >= 0.3 is 0 Å². The summed E-state index contributed by atoms with van der Waals surface area (Å²) < 4.78 is 10.8. The molecule has 0 spiro atoms. The van der Waals surface area contributed by atoms with E-state index in [9.17, 15) is 5.11 Å². The van der Waals surface area contributed by atoms with Gasteiger partial charge in [0.2, 0.25) is 0 Å². The predicted octanol–water partition coefficient (Wildman–Crippen LogP) is 2.62. The highest BCUT2D eigenvalue weighted by molar-refractivity contribution is 5.38. The summed E-state index contributed by atoms with van der Waals surface area (Å²) in [5.74, 6) is 2.03. The Bertz CT molecular complexity index is 755. The molecular formula is C22H34N4O3. The molecule has 0 unspecified atom stereocenters. The summed E-state index contributed by atoms with van der Waals surface area (Å²) in [5.41, 5.74) is 3.42. The molecule has 1 aromatic heterocycles. The average Bonchev–Trinajstić information content (AvgIpc) is 3.18. The molecule has 3 rings (SSSR count). The Hall–Kier alpha value is -2.09. The third-order valence-corrected chi connectivity index (χ3v) is 5.58. The van der Waals surface area contributed by atoms with E-state index in [1.807, 2.05) is 6.07 Å². The Labute approximate surface area is 173 Å². The molecular weight excluding hydrogens is 368 g/mol. The number of benzene rings is 1. The molecule has 7 nitrogen and oxygen atoms in total. The second-order valence-corrected chi connectivity index (χ2v) is 8.07. The number of aliphatic hydroxyl groups excluding tert-OH is 1. The van der Waals surface area contributed by atoms with Crippen molar-refractivity contribution in [3.05, 3.63) is 41.2 Å². The first-order valence-corrected chi connectivity index (χ1v) is 10.4. The Balaban J connectivity index is 1.65. The number of nitrogens with one attached hydrogen (secondary N) is 1. The van der Waals surface area contributed by atoms with Crippen molar-refractivity contribution in [2.75, 3.05) is 40.5 Å². The van der Waals surface area contributed by atoms with Crippen LogP contribution in [0.2, 0.25) is 0 Å². The number of aromatic nitrogens is 2. The fourth-order valence-electron chi connectivity index (χ4n) is 3.92. The lowest BCUT2D eigenvalue weighted by Crippen LogP contribution is -2.52. The summed E-state index contributed by atoms with van der Waals surface area (Å²) in [4.78, 5) is 4.90. The molecule has 160 valence electrons. The number of hydrogen-bond acceptors (Lipinski definition) is 6. The Morgan fingerprint density at radius 1 is 1.10 bits per heavy atom. The molecule has 0 saturated carbocycles. The van der Waals surface area contributed by atoms with Gasteiger partial charge in [-0.05, 0) is 36.1 Å². The second-order valence-electron chi connectivity index (χ2n) is 8.07. The van der Waals surface area contributed by atoms with Gasteiger partial charge in [-0.3, -0.25) is 14.9 Å². The molecule has 0 aliphatic carbocycles. The normalized spacial score (nSPS) is 18.3. The first-order chi connectivity index (χ1) is 14.0. The molecule has 2 aromatic rings. The van der Waals surface area contributed by atoms with Crippen LogP contribution in [-0.2, 0) is 13.1 Å². The van der Waals surface area contributed by atoms with Gasteiger partial charge in [-0.15, -0.1) is 0 Å². The van der Waals surface area contributed by atoms with E-state index < -0.39 is 0 Å². The predicted molar refractivity (Wildman–Crippen MR) is 113 cm³/mol. The molecule has 1 atom stereocenters. The first kappa shape index (κ1) is 21.6. The minimum atomic E-state index is 0.192. The van der Waals surface area contributed by atoms with E-state index in [0.717, 1.165) is 67.6 Å². The van der Waals surface area contributed by atoms with Crippen LogP contribution in [0.15, 0.2) is 24.3 Å². The molecule has 7 heteroatoms. The summed E-state index contributed by atoms with van der Waals surface area (Å²) in [6.45, 7) is 9.05. The van der Waals surface area contributed by atoms with Gasteiger partial charge in [-0.1, -0.05) is 13.8 Å². The highest BCUT2D eigenvalue weighted by atomic mass is 16.5. The van der Waals surface area contributed by atoms with Crippen molar-refractivity contribution < 1.29 is 14.6 Å². The summed E-state index contributed by atoms with van der Waals surface area (Å²) in [5, 5.41) is 17.2. The van der Waals surface area contributed by atoms with Crippen molar-refractivity contribution in [3.63, 3.8) is 0 Å². The monoisotopic (exact) mass is 402 g/mol. The Morgan fingerprint density at radius 2 is 1.83 bits per heavy atom. The van der Waals surface area contributed by atoms with E-state index in [2.05, 4.69) is 52.0 Å². The number of rotatable bonds is 9. The van der Waals surface area contributed by atoms with E-state index in [1.165, 1.54) is 0 Å². The van der Waals surface area contributed by atoms with Gasteiger partial charge in [-0.2, -0.15) is 5.10 Å². The standard InChI is InChI=1S/C22H34N4O3/c1-16(2)22-11-18(23-24-22)14-25-6-7-26(19(15-25)5-8-27)13-17-9-20(28-3)12-21(10-17)29-4/h9-12,16,19,27H,5-8,13-15H2,1-4H3,(H,23,24)/t19-/m0/s1. The number of H-pyrrole nitrogens is 1. The number of piperazine rings is 1. The minimum Gasteiger partial charge on any atom is -0.497 e.